The van der Waals surface area contributed by atoms with Crippen LogP contribution in [0.1, 0.15) is 15.2 Å². The van der Waals surface area contributed by atoms with E-state index in [2.05, 4.69) is 20.3 Å². The van der Waals surface area contributed by atoms with E-state index in [0.29, 0.717) is 16.5 Å². The molecular weight excluding hydrogens is 274 g/mol. The summed E-state index contributed by atoms with van der Waals surface area (Å²) >= 11 is 1.41. The lowest BCUT2D eigenvalue weighted by Crippen LogP contribution is -2.12. The summed E-state index contributed by atoms with van der Waals surface area (Å²) in [5.41, 5.74) is 1.07. The third-order valence-corrected chi connectivity index (χ3v) is 3.66. The molecule has 3 aromatic heterocycles. The molecule has 0 fully saturated rings. The molecule has 0 atom stereocenters. The minimum absolute atomic E-state index is 0.168. The summed E-state index contributed by atoms with van der Waals surface area (Å²) in [5, 5.41) is 4.70. The molecular formula is C13H11N5OS. The second-order valence-electron chi connectivity index (χ2n) is 4.17. The van der Waals surface area contributed by atoms with Gasteiger partial charge in [-0.3, -0.25) is 9.36 Å². The van der Waals surface area contributed by atoms with E-state index in [1.54, 1.807) is 29.4 Å². The van der Waals surface area contributed by atoms with Gasteiger partial charge >= 0.3 is 0 Å². The third-order valence-electron chi connectivity index (χ3n) is 2.62. The normalized spacial score (nSPS) is 10.4. The van der Waals surface area contributed by atoms with Crippen molar-refractivity contribution in [1.82, 2.24) is 19.5 Å². The molecule has 0 bridgehead atoms. The van der Waals surface area contributed by atoms with Crippen molar-refractivity contribution in [3.8, 4) is 5.82 Å². The summed E-state index contributed by atoms with van der Waals surface area (Å²) in [6.07, 6.45) is 6.48. The molecule has 0 saturated heterocycles. The molecule has 7 heteroatoms. The number of hydrogen-bond donors (Lipinski definition) is 1. The summed E-state index contributed by atoms with van der Waals surface area (Å²) in [6.45, 7) is 1.95. The van der Waals surface area contributed by atoms with Crippen LogP contribution in [0.4, 0.5) is 5.82 Å². The van der Waals surface area contributed by atoms with Gasteiger partial charge in [-0.15, -0.1) is 11.3 Å². The van der Waals surface area contributed by atoms with Crippen LogP contribution < -0.4 is 5.32 Å². The first kappa shape index (κ1) is 12.5. The van der Waals surface area contributed by atoms with Crippen LogP contribution >= 0.6 is 11.3 Å². The zero-order chi connectivity index (χ0) is 13.9. The second-order valence-corrected chi connectivity index (χ2v) is 5.09. The largest absolute Gasteiger partial charge is 0.306 e. The predicted octanol–water partition coefficient (Wildman–Crippen LogP) is 2.28. The highest BCUT2D eigenvalue weighted by molar-refractivity contribution is 7.12. The van der Waals surface area contributed by atoms with Gasteiger partial charge in [0, 0.05) is 18.5 Å². The van der Waals surface area contributed by atoms with Gasteiger partial charge in [0.15, 0.2) is 0 Å². The van der Waals surface area contributed by atoms with Crippen LogP contribution in [-0.2, 0) is 0 Å². The van der Waals surface area contributed by atoms with E-state index in [-0.39, 0.29) is 5.91 Å². The predicted molar refractivity (Wildman–Crippen MR) is 76.2 cm³/mol. The lowest BCUT2D eigenvalue weighted by molar-refractivity contribution is 0.103. The fraction of sp³-hybridized carbons (Fsp3) is 0.0769. The summed E-state index contributed by atoms with van der Waals surface area (Å²) in [4.78, 5) is 24.8. The molecule has 3 rings (SSSR count). The van der Waals surface area contributed by atoms with Crippen molar-refractivity contribution in [3.63, 3.8) is 0 Å². The number of anilines is 1. The number of aryl methyl sites for hydroxylation is 1. The standard InChI is InChI=1S/C13H11N5OS/c1-9-4-10(20-6-9)13(19)17-11-5-12(16-7-15-11)18-3-2-14-8-18/h2-8H,1H3,(H,15,16,17,19). The molecule has 0 aliphatic heterocycles. The van der Waals surface area contributed by atoms with E-state index in [1.165, 1.54) is 17.7 Å². The Bertz CT molecular complexity index is 735. The van der Waals surface area contributed by atoms with E-state index in [9.17, 15) is 4.79 Å². The lowest BCUT2D eigenvalue weighted by atomic mass is 10.3. The molecule has 1 amide bonds. The summed E-state index contributed by atoms with van der Waals surface area (Å²) in [6, 6.07) is 3.54. The second kappa shape index (κ2) is 5.22. The highest BCUT2D eigenvalue weighted by Gasteiger charge is 2.09. The van der Waals surface area contributed by atoms with E-state index in [0.717, 1.165) is 5.56 Å². The van der Waals surface area contributed by atoms with Crippen molar-refractivity contribution in [1.29, 1.82) is 0 Å². The van der Waals surface area contributed by atoms with Gasteiger partial charge in [-0.2, -0.15) is 0 Å². The SMILES string of the molecule is Cc1csc(C(=O)Nc2cc(-n3ccnc3)ncn2)c1. The number of aromatic nitrogens is 4. The fourth-order valence-electron chi connectivity index (χ4n) is 1.68. The molecule has 0 unspecified atom stereocenters. The Morgan fingerprint density at radius 1 is 1.35 bits per heavy atom. The molecule has 0 spiro atoms. The Balaban J connectivity index is 1.81. The van der Waals surface area contributed by atoms with Crippen LogP contribution in [0.25, 0.3) is 5.82 Å². The fourth-order valence-corrected chi connectivity index (χ4v) is 2.47. The highest BCUT2D eigenvalue weighted by Crippen LogP contribution is 2.16. The van der Waals surface area contributed by atoms with E-state index >= 15 is 0 Å². The molecule has 3 aromatic rings. The Morgan fingerprint density at radius 2 is 2.25 bits per heavy atom. The highest BCUT2D eigenvalue weighted by atomic mass is 32.1. The molecule has 0 saturated carbocycles. The Morgan fingerprint density at radius 3 is 2.95 bits per heavy atom. The van der Waals surface area contributed by atoms with Crippen molar-refractivity contribution >= 4 is 23.1 Å². The topological polar surface area (TPSA) is 72.7 Å². The Hall–Kier alpha value is -2.54. The van der Waals surface area contributed by atoms with Gasteiger partial charge in [-0.1, -0.05) is 0 Å². The lowest BCUT2D eigenvalue weighted by Gasteiger charge is -2.05. The first-order chi connectivity index (χ1) is 9.72. The van der Waals surface area contributed by atoms with E-state index in [1.807, 2.05) is 18.4 Å². The van der Waals surface area contributed by atoms with Crippen molar-refractivity contribution < 1.29 is 4.79 Å². The maximum atomic E-state index is 12.0. The van der Waals surface area contributed by atoms with Crippen LogP contribution in [0.15, 0.2) is 42.6 Å². The molecule has 3 heterocycles. The van der Waals surface area contributed by atoms with Crippen molar-refractivity contribution in [2.75, 3.05) is 5.32 Å². The quantitative estimate of drug-likeness (QED) is 0.801. The third kappa shape index (κ3) is 2.57. The number of rotatable bonds is 3. The summed E-state index contributed by atoms with van der Waals surface area (Å²) < 4.78 is 1.74. The van der Waals surface area contributed by atoms with Gasteiger partial charge in [-0.25, -0.2) is 15.0 Å². The summed E-state index contributed by atoms with van der Waals surface area (Å²) in [5.74, 6) is 0.938. The van der Waals surface area contributed by atoms with Crippen molar-refractivity contribution in [2.24, 2.45) is 0 Å². The monoisotopic (exact) mass is 285 g/mol. The van der Waals surface area contributed by atoms with Crippen LogP contribution in [0, 0.1) is 6.92 Å². The molecule has 20 heavy (non-hydrogen) atoms. The Labute approximate surface area is 119 Å². The first-order valence-corrected chi connectivity index (χ1v) is 6.77. The van der Waals surface area contributed by atoms with Crippen molar-refractivity contribution in [2.45, 2.75) is 6.92 Å². The zero-order valence-corrected chi connectivity index (χ0v) is 11.5. The number of amides is 1. The molecule has 100 valence electrons. The van der Waals surface area contributed by atoms with Crippen LogP contribution in [0.3, 0.4) is 0 Å². The molecule has 0 aliphatic carbocycles. The van der Waals surface area contributed by atoms with E-state index in [4.69, 9.17) is 0 Å². The molecule has 6 nitrogen and oxygen atoms in total. The number of carbonyl (C=O) groups excluding carboxylic acids is 1. The average Bonchev–Trinajstić information content (AvgIpc) is 3.10. The van der Waals surface area contributed by atoms with Gasteiger partial charge in [0.05, 0.1) is 4.88 Å². The van der Waals surface area contributed by atoms with Gasteiger partial charge in [-0.05, 0) is 23.9 Å². The number of imidazole rings is 1. The number of nitrogens with one attached hydrogen (secondary N) is 1. The molecule has 0 aromatic carbocycles. The first-order valence-electron chi connectivity index (χ1n) is 5.89. The van der Waals surface area contributed by atoms with Crippen molar-refractivity contribution in [3.05, 3.63) is 53.0 Å². The van der Waals surface area contributed by atoms with Crippen LogP contribution in [-0.4, -0.2) is 25.4 Å². The van der Waals surface area contributed by atoms with Gasteiger partial charge in [0.25, 0.3) is 5.91 Å². The number of thiophene rings is 1. The van der Waals surface area contributed by atoms with Gasteiger partial charge in [0.2, 0.25) is 0 Å². The molecule has 1 N–H and O–H groups in total. The minimum Gasteiger partial charge on any atom is -0.306 e. The number of carbonyl (C=O) groups is 1. The minimum atomic E-state index is -0.168. The maximum Gasteiger partial charge on any atom is 0.266 e. The molecule has 0 aliphatic rings. The number of hydrogen-bond acceptors (Lipinski definition) is 5. The average molecular weight is 285 g/mol. The Kier molecular flexibility index (Phi) is 3.26. The van der Waals surface area contributed by atoms with Gasteiger partial charge < -0.3 is 5.32 Å². The summed E-state index contributed by atoms with van der Waals surface area (Å²) in [7, 11) is 0. The smallest absolute Gasteiger partial charge is 0.266 e. The van der Waals surface area contributed by atoms with Gasteiger partial charge in [0.1, 0.15) is 24.3 Å². The van der Waals surface area contributed by atoms with E-state index < -0.39 is 0 Å². The van der Waals surface area contributed by atoms with Crippen LogP contribution in [0.5, 0.6) is 0 Å². The zero-order valence-electron chi connectivity index (χ0n) is 10.6. The maximum absolute atomic E-state index is 12.0. The molecule has 0 radical (unpaired) electrons. The van der Waals surface area contributed by atoms with Crippen LogP contribution in [0.2, 0.25) is 0 Å². The number of nitrogens with zero attached hydrogens (tertiary/aromatic N) is 4.